The fourth-order valence-corrected chi connectivity index (χ4v) is 2.57. The molecule has 8 heteroatoms. The van der Waals surface area contributed by atoms with Crippen molar-refractivity contribution in [3.05, 3.63) is 33.8 Å². The van der Waals surface area contributed by atoms with Crippen LogP contribution in [0, 0.1) is 0 Å². The maximum atomic E-state index is 11.6. The second-order valence-corrected chi connectivity index (χ2v) is 7.52. The van der Waals surface area contributed by atoms with Gasteiger partial charge in [0.05, 0.1) is 11.8 Å². The van der Waals surface area contributed by atoms with E-state index in [0.29, 0.717) is 10.0 Å². The molecule has 112 valence electrons. The average Bonchev–Trinajstić information content (AvgIpc) is 2.26. The van der Waals surface area contributed by atoms with Gasteiger partial charge in [-0.05, 0) is 24.6 Å². The van der Waals surface area contributed by atoms with Gasteiger partial charge in [-0.2, -0.15) is 0 Å². The minimum absolute atomic E-state index is 0.0612. The Morgan fingerprint density at radius 3 is 2.55 bits per heavy atom. The van der Waals surface area contributed by atoms with Gasteiger partial charge < -0.3 is 10.6 Å². The van der Waals surface area contributed by atoms with Gasteiger partial charge in [-0.3, -0.25) is 0 Å². The standard InChI is InChI=1S/C12H16Cl2N2O3S/c1-8(10-4-3-9(13)7-11(10)14)16-12(17)15-5-6-20(2,18)19/h3-4,7-8H,5-6H2,1-2H3,(H2,15,16,17). The van der Waals surface area contributed by atoms with Crippen LogP contribution in [0.5, 0.6) is 0 Å². The first kappa shape index (κ1) is 17.1. The predicted molar refractivity (Wildman–Crippen MR) is 81.1 cm³/mol. The highest BCUT2D eigenvalue weighted by atomic mass is 35.5. The van der Waals surface area contributed by atoms with Crippen LogP contribution in [0.3, 0.4) is 0 Å². The fourth-order valence-electron chi connectivity index (χ4n) is 1.53. The number of sulfone groups is 1. The number of amides is 2. The number of nitrogens with one attached hydrogen (secondary N) is 2. The van der Waals surface area contributed by atoms with Crippen molar-refractivity contribution in [1.82, 2.24) is 10.6 Å². The highest BCUT2D eigenvalue weighted by Crippen LogP contribution is 2.25. The number of hydrogen-bond acceptors (Lipinski definition) is 3. The summed E-state index contributed by atoms with van der Waals surface area (Å²) >= 11 is 11.8. The van der Waals surface area contributed by atoms with Crippen LogP contribution in [0.4, 0.5) is 4.79 Å². The molecule has 1 atom stereocenters. The van der Waals surface area contributed by atoms with Crippen LogP contribution in [-0.2, 0) is 9.84 Å². The summed E-state index contributed by atoms with van der Waals surface area (Å²) in [4.78, 5) is 11.6. The zero-order valence-corrected chi connectivity index (χ0v) is 13.4. The number of benzene rings is 1. The molecular weight excluding hydrogens is 323 g/mol. The molecule has 1 rings (SSSR count). The molecule has 2 N–H and O–H groups in total. The molecule has 0 aliphatic carbocycles. The first-order valence-electron chi connectivity index (χ1n) is 5.86. The lowest BCUT2D eigenvalue weighted by molar-refractivity contribution is 0.238. The zero-order valence-electron chi connectivity index (χ0n) is 11.1. The first-order chi connectivity index (χ1) is 9.19. The van der Waals surface area contributed by atoms with E-state index in [9.17, 15) is 13.2 Å². The monoisotopic (exact) mass is 338 g/mol. The predicted octanol–water partition coefficient (Wildman–Crippen LogP) is 2.40. The van der Waals surface area contributed by atoms with E-state index in [4.69, 9.17) is 23.2 Å². The first-order valence-corrected chi connectivity index (χ1v) is 8.68. The second-order valence-electron chi connectivity index (χ2n) is 4.42. The number of carbonyl (C=O) groups excluding carboxylic acids is 1. The van der Waals surface area contributed by atoms with E-state index in [2.05, 4.69) is 10.6 Å². The summed E-state index contributed by atoms with van der Waals surface area (Å²) in [6.07, 6.45) is 1.11. The summed E-state index contributed by atoms with van der Waals surface area (Å²) in [6, 6.07) is 4.23. The summed E-state index contributed by atoms with van der Waals surface area (Å²) < 4.78 is 21.9. The zero-order chi connectivity index (χ0) is 15.3. The highest BCUT2D eigenvalue weighted by molar-refractivity contribution is 7.90. The topological polar surface area (TPSA) is 75.3 Å². The maximum absolute atomic E-state index is 11.6. The van der Waals surface area contributed by atoms with Gasteiger partial charge in [0.2, 0.25) is 0 Å². The van der Waals surface area contributed by atoms with Crippen molar-refractivity contribution in [2.24, 2.45) is 0 Å². The quantitative estimate of drug-likeness (QED) is 0.865. The third kappa shape index (κ3) is 5.98. The van der Waals surface area contributed by atoms with Gasteiger partial charge in [-0.1, -0.05) is 29.3 Å². The molecule has 0 bridgehead atoms. The molecule has 20 heavy (non-hydrogen) atoms. The lowest BCUT2D eigenvalue weighted by atomic mass is 10.1. The van der Waals surface area contributed by atoms with Crippen LogP contribution in [0.15, 0.2) is 18.2 Å². The van der Waals surface area contributed by atoms with Gasteiger partial charge in [0.15, 0.2) is 0 Å². The van der Waals surface area contributed by atoms with Crippen molar-refractivity contribution in [3.8, 4) is 0 Å². The number of carbonyl (C=O) groups is 1. The van der Waals surface area contributed by atoms with E-state index >= 15 is 0 Å². The average molecular weight is 339 g/mol. The molecular formula is C12H16Cl2N2O3S. The Morgan fingerprint density at radius 1 is 1.35 bits per heavy atom. The van der Waals surface area contributed by atoms with Crippen LogP contribution < -0.4 is 10.6 Å². The molecule has 0 radical (unpaired) electrons. The van der Waals surface area contributed by atoms with Crippen molar-refractivity contribution >= 4 is 39.1 Å². The van der Waals surface area contributed by atoms with Crippen molar-refractivity contribution < 1.29 is 13.2 Å². The van der Waals surface area contributed by atoms with E-state index < -0.39 is 15.9 Å². The molecule has 0 aliphatic heterocycles. The number of hydrogen-bond donors (Lipinski definition) is 2. The summed E-state index contributed by atoms with van der Waals surface area (Å²) in [5, 5.41) is 6.12. The molecule has 2 amide bonds. The van der Waals surface area contributed by atoms with Crippen LogP contribution in [-0.4, -0.2) is 33.0 Å². The van der Waals surface area contributed by atoms with Crippen LogP contribution in [0.1, 0.15) is 18.5 Å². The Balaban J connectivity index is 2.53. The molecule has 0 saturated carbocycles. The Hall–Kier alpha value is -0.980. The molecule has 0 saturated heterocycles. The molecule has 1 unspecified atom stereocenters. The fraction of sp³-hybridized carbons (Fsp3) is 0.417. The van der Waals surface area contributed by atoms with Gasteiger partial charge in [0.1, 0.15) is 9.84 Å². The summed E-state index contributed by atoms with van der Waals surface area (Å²) in [5.74, 6) is -0.101. The van der Waals surface area contributed by atoms with Gasteiger partial charge >= 0.3 is 6.03 Å². The van der Waals surface area contributed by atoms with Gasteiger partial charge in [-0.15, -0.1) is 0 Å². The maximum Gasteiger partial charge on any atom is 0.315 e. The Labute approximate surface area is 128 Å². The third-order valence-corrected chi connectivity index (χ3v) is 4.04. The smallest absolute Gasteiger partial charge is 0.315 e. The van der Waals surface area contributed by atoms with E-state index in [0.717, 1.165) is 11.8 Å². The van der Waals surface area contributed by atoms with Gasteiger partial charge in [0, 0.05) is 22.8 Å². The molecule has 0 aromatic heterocycles. The van der Waals surface area contributed by atoms with E-state index in [1.165, 1.54) is 0 Å². The minimum atomic E-state index is -3.09. The van der Waals surface area contributed by atoms with E-state index in [1.54, 1.807) is 25.1 Å². The second kappa shape index (κ2) is 7.15. The summed E-state index contributed by atoms with van der Waals surface area (Å²) in [7, 11) is -3.09. The van der Waals surface area contributed by atoms with Crippen molar-refractivity contribution in [3.63, 3.8) is 0 Å². The summed E-state index contributed by atoms with van der Waals surface area (Å²) in [6.45, 7) is 1.83. The van der Waals surface area contributed by atoms with Crippen LogP contribution in [0.2, 0.25) is 10.0 Å². The van der Waals surface area contributed by atoms with Crippen molar-refractivity contribution in [1.29, 1.82) is 0 Å². The van der Waals surface area contributed by atoms with E-state index in [1.807, 2.05) is 0 Å². The molecule has 1 aromatic carbocycles. The largest absolute Gasteiger partial charge is 0.337 e. The molecule has 0 spiro atoms. The van der Waals surface area contributed by atoms with Crippen molar-refractivity contribution in [2.45, 2.75) is 13.0 Å². The SMILES string of the molecule is CC(NC(=O)NCCS(C)(=O)=O)c1ccc(Cl)cc1Cl. The molecule has 0 heterocycles. The minimum Gasteiger partial charge on any atom is -0.337 e. The molecule has 0 fully saturated rings. The lowest BCUT2D eigenvalue weighted by Crippen LogP contribution is -2.39. The number of rotatable bonds is 5. The molecule has 0 aliphatic rings. The molecule has 1 aromatic rings. The van der Waals surface area contributed by atoms with Gasteiger partial charge in [0.25, 0.3) is 0 Å². The van der Waals surface area contributed by atoms with Crippen LogP contribution in [0.25, 0.3) is 0 Å². The lowest BCUT2D eigenvalue weighted by Gasteiger charge is -2.16. The number of halogens is 2. The molecule has 5 nitrogen and oxygen atoms in total. The van der Waals surface area contributed by atoms with Crippen LogP contribution >= 0.6 is 23.2 Å². The highest BCUT2D eigenvalue weighted by Gasteiger charge is 2.13. The van der Waals surface area contributed by atoms with E-state index in [-0.39, 0.29) is 18.3 Å². The number of urea groups is 1. The normalized spacial score (nSPS) is 12.8. The Kier molecular flexibility index (Phi) is 6.10. The van der Waals surface area contributed by atoms with Crippen molar-refractivity contribution in [2.75, 3.05) is 18.6 Å². The Morgan fingerprint density at radius 2 is 2.00 bits per heavy atom. The third-order valence-electron chi connectivity index (χ3n) is 2.54. The van der Waals surface area contributed by atoms with Gasteiger partial charge in [-0.25, -0.2) is 13.2 Å². The Bertz CT molecular complexity index is 590. The summed E-state index contributed by atoms with van der Waals surface area (Å²) in [5.41, 5.74) is 0.731.